The number of carbonyl (C=O) groups is 1. The Labute approximate surface area is 593 Å². The second-order valence-electron chi connectivity index (χ2n) is 28.5. The Morgan fingerprint density at radius 3 is 1.09 bits per heavy atom. The van der Waals surface area contributed by atoms with Crippen molar-refractivity contribution in [1.29, 1.82) is 0 Å². The number of carbonyl (C=O) groups excluding carboxylic acids is 1. The number of rotatable bonds is 68. The van der Waals surface area contributed by atoms with E-state index >= 15 is 0 Å². The highest BCUT2D eigenvalue weighted by molar-refractivity contribution is 5.76. The van der Waals surface area contributed by atoms with Gasteiger partial charge in [0.1, 0.15) is 48.8 Å². The molecule has 2 saturated heterocycles. The van der Waals surface area contributed by atoms with Gasteiger partial charge >= 0.3 is 0 Å². The normalized spacial score (nSPS) is 22.5. The molecule has 1 amide bonds. The van der Waals surface area contributed by atoms with Crippen LogP contribution in [0.5, 0.6) is 0 Å². The highest BCUT2D eigenvalue weighted by Crippen LogP contribution is 2.30. The van der Waals surface area contributed by atoms with Crippen molar-refractivity contribution in [2.24, 2.45) is 0 Å². The maximum Gasteiger partial charge on any atom is 0.220 e. The molecule has 566 valence electrons. The zero-order valence-corrected chi connectivity index (χ0v) is 62.1. The first kappa shape index (κ1) is 90.5. The number of ether oxygens (including phenoxy) is 4. The lowest BCUT2D eigenvalue weighted by Gasteiger charge is -2.46. The van der Waals surface area contributed by atoms with Crippen molar-refractivity contribution in [2.45, 2.75) is 428 Å². The van der Waals surface area contributed by atoms with E-state index < -0.39 is 86.8 Å². The maximum atomic E-state index is 13.4. The average molecular weight is 1370 g/mol. The molecule has 0 bridgehead atoms. The van der Waals surface area contributed by atoms with E-state index in [9.17, 15) is 45.6 Å². The SMILES string of the molecule is CC/C=C\C/C=C\C/C=C\C/C=C\C/C=C\C/C=C\CCCCCCCCCCCCCCCCCCCCCCCCC(=O)NC(COC1OC(CO)C(OC2OC(CO)C(O)C(O)C2O)C(O)C1O)C(O)CCCCCCCCCCCCCCCCCCCCCCCC. The summed E-state index contributed by atoms with van der Waals surface area (Å²) < 4.78 is 23.0. The van der Waals surface area contributed by atoms with Crippen LogP contribution in [0.25, 0.3) is 0 Å². The Balaban J connectivity index is 1.56. The van der Waals surface area contributed by atoms with Gasteiger partial charge in [-0.25, -0.2) is 0 Å². The summed E-state index contributed by atoms with van der Waals surface area (Å²) in [6.07, 6.45) is 75.2. The van der Waals surface area contributed by atoms with E-state index in [1.54, 1.807) is 0 Å². The summed E-state index contributed by atoms with van der Waals surface area (Å²) in [5, 5.41) is 87.8. The van der Waals surface area contributed by atoms with Crippen molar-refractivity contribution >= 4 is 5.91 Å². The summed E-state index contributed by atoms with van der Waals surface area (Å²) >= 11 is 0. The molecule has 97 heavy (non-hydrogen) atoms. The maximum absolute atomic E-state index is 13.4. The van der Waals surface area contributed by atoms with Gasteiger partial charge in [0.25, 0.3) is 0 Å². The smallest absolute Gasteiger partial charge is 0.220 e. The highest BCUT2D eigenvalue weighted by atomic mass is 16.7. The number of nitrogens with one attached hydrogen (secondary N) is 1. The second-order valence-corrected chi connectivity index (χ2v) is 28.5. The van der Waals surface area contributed by atoms with Gasteiger partial charge < -0.3 is 65.1 Å². The van der Waals surface area contributed by atoms with E-state index in [0.29, 0.717) is 12.8 Å². The van der Waals surface area contributed by atoms with Gasteiger partial charge in [0.15, 0.2) is 12.6 Å². The number of amides is 1. The minimum atomic E-state index is -1.78. The monoisotopic (exact) mass is 1370 g/mol. The first-order valence-corrected chi connectivity index (χ1v) is 40.7. The molecular formula is C83H151NO13. The summed E-state index contributed by atoms with van der Waals surface area (Å²) in [5.74, 6) is -0.200. The van der Waals surface area contributed by atoms with Gasteiger partial charge in [-0.15, -0.1) is 0 Å². The molecule has 14 nitrogen and oxygen atoms in total. The lowest BCUT2D eigenvalue weighted by Crippen LogP contribution is -2.65. The standard InChI is InChI=1S/C83H151NO13/c1-3-5-7-9-11-13-15-17-19-21-23-25-27-28-29-30-31-32-33-34-35-36-37-38-39-40-41-42-43-44-45-47-49-51-53-55-57-59-61-63-65-67-75(88)84-71(70-94-82-80(93)78(91)81(74(69-86)96-82)97-83-79(92)77(90)76(89)73(68-85)95-83)72(87)66-64-62-60-58-56-54-52-50-48-46-26-24-22-20-18-16-14-12-10-8-6-4-2/h5,7,11,13,17,19,23,25,28-29,31-32,71-74,76-83,85-87,89-93H,3-4,6,8-10,12,14-16,18,20-22,24,26-27,30,33-70H2,1-2H3,(H,84,88)/b7-5-,13-11-,19-17-,25-23-,29-28-,32-31-. The molecule has 2 fully saturated rings. The highest BCUT2D eigenvalue weighted by Gasteiger charge is 2.51. The molecule has 2 aliphatic rings. The van der Waals surface area contributed by atoms with Crippen molar-refractivity contribution < 1.29 is 64.6 Å². The zero-order valence-electron chi connectivity index (χ0n) is 62.1. The average Bonchev–Trinajstić information content (AvgIpc) is 0.794. The number of hydrogen-bond donors (Lipinski definition) is 9. The molecule has 0 aromatic heterocycles. The van der Waals surface area contributed by atoms with E-state index in [0.717, 1.165) is 89.9 Å². The molecule has 0 aliphatic carbocycles. The number of aliphatic hydroxyl groups excluding tert-OH is 8. The summed E-state index contributed by atoms with van der Waals surface area (Å²) in [7, 11) is 0. The summed E-state index contributed by atoms with van der Waals surface area (Å²) in [4.78, 5) is 13.4. The Kier molecular flexibility index (Phi) is 62.2. The predicted molar refractivity (Wildman–Crippen MR) is 401 cm³/mol. The molecule has 2 rings (SSSR count). The van der Waals surface area contributed by atoms with Gasteiger partial charge in [-0.1, -0.05) is 356 Å². The third kappa shape index (κ3) is 49.6. The molecule has 14 heteroatoms. The van der Waals surface area contributed by atoms with Crippen molar-refractivity contribution in [3.05, 3.63) is 72.9 Å². The lowest BCUT2D eigenvalue weighted by molar-refractivity contribution is -0.359. The summed E-state index contributed by atoms with van der Waals surface area (Å²) in [5.41, 5.74) is 0. The molecule has 0 aromatic carbocycles. The molecule has 0 saturated carbocycles. The van der Waals surface area contributed by atoms with E-state index in [4.69, 9.17) is 18.9 Å². The zero-order chi connectivity index (χ0) is 70.1. The Morgan fingerprint density at radius 1 is 0.381 bits per heavy atom. The van der Waals surface area contributed by atoms with Gasteiger partial charge in [0.05, 0.1) is 32.0 Å². The van der Waals surface area contributed by atoms with Crippen LogP contribution in [-0.2, 0) is 23.7 Å². The third-order valence-corrected chi connectivity index (χ3v) is 19.7. The minimum absolute atomic E-state index is 0.200. The van der Waals surface area contributed by atoms with Gasteiger partial charge in [0.2, 0.25) is 5.91 Å². The van der Waals surface area contributed by atoms with Crippen LogP contribution in [0.2, 0.25) is 0 Å². The number of allylic oxidation sites excluding steroid dienone is 12. The Morgan fingerprint density at radius 2 is 0.711 bits per heavy atom. The molecule has 9 N–H and O–H groups in total. The minimum Gasteiger partial charge on any atom is -0.394 e. The van der Waals surface area contributed by atoms with Crippen LogP contribution in [0.4, 0.5) is 0 Å². The van der Waals surface area contributed by atoms with E-state index in [1.807, 2.05) is 0 Å². The largest absolute Gasteiger partial charge is 0.394 e. The molecule has 0 radical (unpaired) electrons. The van der Waals surface area contributed by atoms with Crippen molar-refractivity contribution in [3.8, 4) is 0 Å². The fraction of sp³-hybridized carbons (Fsp3) is 0.843. The van der Waals surface area contributed by atoms with Crippen LogP contribution < -0.4 is 5.32 Å². The van der Waals surface area contributed by atoms with Crippen molar-refractivity contribution in [3.63, 3.8) is 0 Å². The summed E-state index contributed by atoms with van der Waals surface area (Å²) in [6, 6.07) is -0.830. The van der Waals surface area contributed by atoms with Gasteiger partial charge in [-0.2, -0.15) is 0 Å². The van der Waals surface area contributed by atoms with Crippen molar-refractivity contribution in [2.75, 3.05) is 19.8 Å². The first-order chi connectivity index (χ1) is 47.6. The molecule has 12 unspecified atom stereocenters. The second kappa shape index (κ2) is 66.7. The molecule has 2 aliphatic heterocycles. The van der Waals surface area contributed by atoms with E-state index in [1.165, 1.54) is 238 Å². The Bertz CT molecular complexity index is 1910. The number of hydrogen-bond acceptors (Lipinski definition) is 13. The van der Waals surface area contributed by atoms with Crippen LogP contribution in [0, 0.1) is 0 Å². The van der Waals surface area contributed by atoms with Gasteiger partial charge in [-0.05, 0) is 64.2 Å². The lowest BCUT2D eigenvalue weighted by atomic mass is 9.97. The van der Waals surface area contributed by atoms with Crippen LogP contribution in [0.15, 0.2) is 72.9 Å². The topological polar surface area (TPSA) is 228 Å². The van der Waals surface area contributed by atoms with Crippen LogP contribution >= 0.6 is 0 Å². The van der Waals surface area contributed by atoms with Gasteiger partial charge in [-0.3, -0.25) is 4.79 Å². The number of aliphatic hydroxyl groups is 8. The fourth-order valence-corrected chi connectivity index (χ4v) is 13.3. The third-order valence-electron chi connectivity index (χ3n) is 19.7. The van der Waals surface area contributed by atoms with Gasteiger partial charge in [0, 0.05) is 6.42 Å². The summed E-state index contributed by atoms with van der Waals surface area (Å²) in [6.45, 7) is 2.80. The fourth-order valence-electron chi connectivity index (χ4n) is 13.3. The molecule has 0 spiro atoms. The molecule has 2 heterocycles. The number of unbranched alkanes of at least 4 members (excludes halogenated alkanes) is 43. The first-order valence-electron chi connectivity index (χ1n) is 40.7. The predicted octanol–water partition coefficient (Wildman–Crippen LogP) is 18.5. The van der Waals surface area contributed by atoms with Crippen LogP contribution in [0.1, 0.15) is 354 Å². The molecule has 0 aromatic rings. The van der Waals surface area contributed by atoms with Crippen LogP contribution in [-0.4, -0.2) is 140 Å². The van der Waals surface area contributed by atoms with Crippen molar-refractivity contribution in [1.82, 2.24) is 5.32 Å². The molecule has 12 atom stereocenters. The quantitative estimate of drug-likeness (QED) is 0.0204. The van der Waals surface area contributed by atoms with Crippen LogP contribution in [0.3, 0.4) is 0 Å². The van der Waals surface area contributed by atoms with E-state index in [2.05, 4.69) is 92.1 Å². The Hall–Kier alpha value is -2.57. The van der Waals surface area contributed by atoms with E-state index in [-0.39, 0.29) is 12.5 Å². The molecular weight excluding hydrogens is 1220 g/mol.